The maximum atomic E-state index is 5.54. The molecule has 3 fully saturated rings. The summed E-state index contributed by atoms with van der Waals surface area (Å²) < 4.78 is 5.54. The Morgan fingerprint density at radius 2 is 1.96 bits per heavy atom. The lowest BCUT2D eigenvalue weighted by molar-refractivity contribution is 0.0284. The van der Waals surface area contributed by atoms with Gasteiger partial charge in [-0.25, -0.2) is 0 Å². The fraction of sp³-hybridized carbons (Fsp3) is 0.727. The van der Waals surface area contributed by atoms with Crippen molar-refractivity contribution in [3.05, 3.63) is 29.3 Å². The maximum absolute atomic E-state index is 5.54. The number of morpholine rings is 1. The van der Waals surface area contributed by atoms with Crippen molar-refractivity contribution in [1.29, 1.82) is 0 Å². The van der Waals surface area contributed by atoms with E-state index in [2.05, 4.69) is 41.8 Å². The van der Waals surface area contributed by atoms with Crippen LogP contribution in [0.5, 0.6) is 0 Å². The highest BCUT2D eigenvalue weighted by atomic mass is 16.5. The van der Waals surface area contributed by atoms with Crippen LogP contribution in [0.3, 0.4) is 0 Å². The van der Waals surface area contributed by atoms with E-state index in [0.29, 0.717) is 5.41 Å². The van der Waals surface area contributed by atoms with Gasteiger partial charge in [0.25, 0.3) is 0 Å². The Labute approximate surface area is 152 Å². The number of hydrogen-bond acceptors (Lipinski definition) is 3. The summed E-state index contributed by atoms with van der Waals surface area (Å²) in [6, 6.07) is 8.09. The number of nitrogens with zero attached hydrogens (tertiary/aromatic N) is 2. The third-order valence-electron chi connectivity index (χ3n) is 7.67. The molecule has 0 aromatic heterocycles. The molecule has 0 radical (unpaired) electrons. The van der Waals surface area contributed by atoms with E-state index in [0.717, 1.165) is 44.2 Å². The molecular formula is C22H32N2O. The number of benzene rings is 1. The van der Waals surface area contributed by atoms with Crippen molar-refractivity contribution in [1.82, 2.24) is 4.90 Å². The topological polar surface area (TPSA) is 15.7 Å². The highest BCUT2D eigenvalue weighted by Crippen LogP contribution is 2.50. The number of hydrogen-bond donors (Lipinski definition) is 0. The van der Waals surface area contributed by atoms with Crippen molar-refractivity contribution in [3.63, 3.8) is 0 Å². The first-order chi connectivity index (χ1) is 12.1. The zero-order valence-corrected chi connectivity index (χ0v) is 15.8. The number of anilines is 1. The second-order valence-electron chi connectivity index (χ2n) is 9.11. The fourth-order valence-electron chi connectivity index (χ4n) is 5.57. The van der Waals surface area contributed by atoms with Crippen molar-refractivity contribution < 1.29 is 4.74 Å². The van der Waals surface area contributed by atoms with Gasteiger partial charge in [0.1, 0.15) is 0 Å². The molecule has 2 bridgehead atoms. The van der Waals surface area contributed by atoms with Gasteiger partial charge in [-0.05, 0) is 72.7 Å². The highest BCUT2D eigenvalue weighted by molar-refractivity contribution is 5.55. The van der Waals surface area contributed by atoms with Crippen LogP contribution in [0, 0.1) is 11.8 Å². The predicted octanol–water partition coefficient (Wildman–Crippen LogP) is 3.46. The smallest absolute Gasteiger partial charge is 0.0642 e. The van der Waals surface area contributed by atoms with Gasteiger partial charge in [-0.3, -0.25) is 4.90 Å². The Morgan fingerprint density at radius 1 is 1.16 bits per heavy atom. The Bertz CT molecular complexity index is 649. The van der Waals surface area contributed by atoms with Crippen LogP contribution < -0.4 is 4.90 Å². The number of ether oxygens (including phenoxy) is 1. The molecule has 1 saturated carbocycles. The highest BCUT2D eigenvalue weighted by Gasteiger charge is 2.49. The minimum absolute atomic E-state index is 0.348. The van der Waals surface area contributed by atoms with Crippen LogP contribution in [0.4, 0.5) is 5.69 Å². The first-order valence-electron chi connectivity index (χ1n) is 10.4. The molecule has 0 spiro atoms. The Morgan fingerprint density at radius 3 is 2.72 bits per heavy atom. The van der Waals surface area contributed by atoms with E-state index in [1.54, 1.807) is 11.1 Å². The number of piperidine rings is 1. The lowest BCUT2D eigenvalue weighted by Crippen LogP contribution is -2.58. The van der Waals surface area contributed by atoms with E-state index in [1.165, 1.54) is 44.5 Å². The van der Waals surface area contributed by atoms with Gasteiger partial charge in [-0.15, -0.1) is 0 Å². The van der Waals surface area contributed by atoms with Crippen LogP contribution in [0.1, 0.15) is 44.2 Å². The summed E-state index contributed by atoms with van der Waals surface area (Å²) in [5.41, 5.74) is 5.02. The van der Waals surface area contributed by atoms with Crippen LogP contribution in [-0.4, -0.2) is 50.3 Å². The lowest BCUT2D eigenvalue weighted by atomic mass is 9.59. The Hall–Kier alpha value is -1.06. The van der Waals surface area contributed by atoms with E-state index < -0.39 is 0 Å². The van der Waals surface area contributed by atoms with Crippen molar-refractivity contribution >= 4 is 5.69 Å². The molecule has 3 nitrogen and oxygen atoms in total. The second kappa shape index (κ2) is 5.99. The molecule has 25 heavy (non-hydrogen) atoms. The number of fused-ring (bicyclic) bond motifs is 4. The van der Waals surface area contributed by atoms with Crippen molar-refractivity contribution in [2.24, 2.45) is 11.8 Å². The first-order valence-corrected chi connectivity index (χ1v) is 10.4. The summed E-state index contributed by atoms with van der Waals surface area (Å²) in [4.78, 5) is 5.34. The van der Waals surface area contributed by atoms with E-state index >= 15 is 0 Å². The van der Waals surface area contributed by atoms with Crippen LogP contribution in [0.2, 0.25) is 0 Å². The first kappa shape index (κ1) is 16.1. The van der Waals surface area contributed by atoms with Gasteiger partial charge in [0.2, 0.25) is 0 Å². The van der Waals surface area contributed by atoms with Gasteiger partial charge < -0.3 is 9.64 Å². The molecule has 1 aromatic carbocycles. The Balaban J connectivity index is 1.46. The van der Waals surface area contributed by atoms with Gasteiger partial charge in [0.15, 0.2) is 0 Å². The number of likely N-dealkylation sites (tertiary alicyclic amines) is 1. The molecule has 3 atom stereocenters. The van der Waals surface area contributed by atoms with E-state index in [9.17, 15) is 0 Å². The second-order valence-corrected chi connectivity index (χ2v) is 9.11. The molecule has 1 aromatic rings. The largest absolute Gasteiger partial charge is 0.378 e. The van der Waals surface area contributed by atoms with E-state index in [-0.39, 0.29) is 0 Å². The molecule has 1 unspecified atom stereocenters. The molecule has 4 aliphatic rings. The molecule has 2 saturated heterocycles. The average Bonchev–Trinajstić information content (AvgIpc) is 3.45. The third kappa shape index (κ3) is 2.71. The van der Waals surface area contributed by atoms with Gasteiger partial charge in [-0.1, -0.05) is 19.9 Å². The van der Waals surface area contributed by atoms with Crippen LogP contribution in [0.15, 0.2) is 18.2 Å². The van der Waals surface area contributed by atoms with Crippen molar-refractivity contribution in [3.8, 4) is 0 Å². The zero-order chi connectivity index (χ0) is 17.0. The molecule has 5 rings (SSSR count). The number of rotatable bonds is 3. The zero-order valence-electron chi connectivity index (χ0n) is 15.8. The van der Waals surface area contributed by atoms with Gasteiger partial charge in [-0.2, -0.15) is 0 Å². The van der Waals surface area contributed by atoms with E-state index in [4.69, 9.17) is 4.74 Å². The van der Waals surface area contributed by atoms with Gasteiger partial charge in [0.05, 0.1) is 13.2 Å². The fourth-order valence-corrected chi connectivity index (χ4v) is 5.57. The lowest BCUT2D eigenvalue weighted by Gasteiger charge is -2.55. The summed E-state index contributed by atoms with van der Waals surface area (Å²) in [5.74, 6) is 1.76. The van der Waals surface area contributed by atoms with Crippen molar-refractivity contribution in [2.75, 3.05) is 44.3 Å². The quantitative estimate of drug-likeness (QED) is 0.838. The molecule has 0 amide bonds. The van der Waals surface area contributed by atoms with E-state index in [1.807, 2.05) is 0 Å². The summed E-state index contributed by atoms with van der Waals surface area (Å²) in [6.07, 6.45) is 5.50. The Kier molecular flexibility index (Phi) is 3.87. The molecule has 2 aliphatic carbocycles. The SMILES string of the molecule is C[C@H]1C2Cc3ccc(N4CCOCC4)cc3[C@@]1(C)CCN2CC1CC1. The molecule has 136 valence electrons. The average molecular weight is 341 g/mol. The van der Waals surface area contributed by atoms with Crippen LogP contribution in [0.25, 0.3) is 0 Å². The third-order valence-corrected chi connectivity index (χ3v) is 7.67. The molecule has 2 aliphatic heterocycles. The molecule has 2 heterocycles. The molecular weight excluding hydrogens is 308 g/mol. The van der Waals surface area contributed by atoms with Gasteiger partial charge in [0, 0.05) is 31.4 Å². The minimum Gasteiger partial charge on any atom is -0.378 e. The summed E-state index contributed by atoms with van der Waals surface area (Å²) in [7, 11) is 0. The molecule has 0 N–H and O–H groups in total. The monoisotopic (exact) mass is 340 g/mol. The normalized spacial score (nSPS) is 35.5. The standard InChI is InChI=1S/C22H32N2O/c1-16-21-13-18-5-6-19(23-9-11-25-12-10-23)14-20(18)22(16,2)7-8-24(21)15-17-3-4-17/h5-6,14,16-17,21H,3-4,7-13,15H2,1-2H3/t16-,21?,22-/m0/s1. The summed E-state index contributed by atoms with van der Waals surface area (Å²) in [5, 5.41) is 0. The van der Waals surface area contributed by atoms with Gasteiger partial charge >= 0.3 is 0 Å². The summed E-state index contributed by atoms with van der Waals surface area (Å²) >= 11 is 0. The van der Waals surface area contributed by atoms with Crippen LogP contribution >= 0.6 is 0 Å². The molecule has 3 heteroatoms. The predicted molar refractivity (Wildman–Crippen MR) is 102 cm³/mol. The van der Waals surface area contributed by atoms with Crippen molar-refractivity contribution in [2.45, 2.75) is 51.0 Å². The van der Waals surface area contributed by atoms with Crippen LogP contribution in [-0.2, 0) is 16.6 Å². The minimum atomic E-state index is 0.348. The maximum Gasteiger partial charge on any atom is 0.0642 e. The summed E-state index contributed by atoms with van der Waals surface area (Å²) in [6.45, 7) is 11.5.